The molecule has 4 heteroatoms. The highest BCUT2D eigenvalue weighted by Gasteiger charge is 2.39. The highest BCUT2D eigenvalue weighted by molar-refractivity contribution is 5.74. The molecule has 1 aliphatic heterocycles. The highest BCUT2D eigenvalue weighted by Crippen LogP contribution is 2.13. The van der Waals surface area contributed by atoms with Crippen molar-refractivity contribution in [3.05, 3.63) is 35.9 Å². The molecule has 29 heavy (non-hydrogen) atoms. The van der Waals surface area contributed by atoms with Gasteiger partial charge in [0.1, 0.15) is 6.54 Å². The summed E-state index contributed by atoms with van der Waals surface area (Å²) in [5, 5.41) is 11.1. The maximum atomic E-state index is 11.1. The lowest BCUT2D eigenvalue weighted by Gasteiger charge is -2.31. The second-order valence-corrected chi connectivity index (χ2v) is 8.78. The average Bonchev–Trinajstić information content (AvgIpc) is 3.16. The Kier molecular flexibility index (Phi) is 13.5. The minimum atomic E-state index is -0.769. The van der Waals surface area contributed by atoms with Gasteiger partial charge in [0, 0.05) is 13.3 Å². The minimum Gasteiger partial charge on any atom is -1.00 e. The van der Waals surface area contributed by atoms with Gasteiger partial charge in [-0.2, -0.15) is 0 Å². The van der Waals surface area contributed by atoms with E-state index in [1.54, 1.807) is 0 Å². The van der Waals surface area contributed by atoms with Crippen molar-refractivity contribution < 1.29 is 22.4 Å². The zero-order valence-electron chi connectivity index (χ0n) is 18.8. The highest BCUT2D eigenvalue weighted by atomic mass is 35.5. The van der Waals surface area contributed by atoms with Crippen molar-refractivity contribution in [3.8, 4) is 0 Å². The summed E-state index contributed by atoms with van der Waals surface area (Å²) in [6.07, 6.45) is 16.8. The first kappa shape index (κ1) is 26.1. The van der Waals surface area contributed by atoms with E-state index in [0.29, 0.717) is 6.42 Å². The van der Waals surface area contributed by atoms with E-state index in [0.717, 1.165) is 19.5 Å². The molecule has 0 bridgehead atoms. The second-order valence-electron chi connectivity index (χ2n) is 8.78. The molecule has 1 aromatic carbocycles. The first-order chi connectivity index (χ1) is 13.6. The van der Waals surface area contributed by atoms with Crippen molar-refractivity contribution in [1.29, 1.82) is 0 Å². The molecular weight excluding hydrogens is 380 g/mol. The summed E-state index contributed by atoms with van der Waals surface area (Å²) in [6, 6.07) is 10.3. The zero-order valence-corrected chi connectivity index (χ0v) is 19.5. The molecule has 2 rings (SSSR count). The largest absolute Gasteiger partial charge is 1.00 e. The molecule has 0 radical (unpaired) electrons. The molecule has 0 fully saturated rings. The molecule has 2 N–H and O–H groups in total. The predicted octanol–water partition coefficient (Wildman–Crippen LogP) is 1.94. The molecule has 166 valence electrons. The van der Waals surface area contributed by atoms with Crippen LogP contribution in [-0.2, 0) is 6.42 Å². The summed E-state index contributed by atoms with van der Waals surface area (Å²) < 4.78 is 0. The number of halogens is 1. The first-order valence-electron chi connectivity index (χ1n) is 11.8. The number of hydrogen-bond donors (Lipinski definition) is 2. The van der Waals surface area contributed by atoms with Gasteiger partial charge in [-0.15, -0.1) is 0 Å². The molecule has 1 heterocycles. The zero-order chi connectivity index (χ0) is 20.1. The van der Waals surface area contributed by atoms with Crippen LogP contribution in [0.15, 0.2) is 35.3 Å². The minimum absolute atomic E-state index is 0. The normalized spacial score (nSPS) is 18.2. The number of aliphatic hydroxyl groups is 1. The molecule has 2 atom stereocenters. The van der Waals surface area contributed by atoms with E-state index in [1.165, 1.54) is 86.9 Å². The second kappa shape index (κ2) is 15.0. The number of amidine groups is 1. The Morgan fingerprint density at radius 1 is 0.897 bits per heavy atom. The van der Waals surface area contributed by atoms with E-state index in [-0.39, 0.29) is 12.4 Å². The monoisotopic (exact) mass is 422 g/mol. The number of quaternary nitrogens is 1. The third-order valence-corrected chi connectivity index (χ3v) is 6.07. The molecule has 1 aliphatic rings. The van der Waals surface area contributed by atoms with Crippen molar-refractivity contribution in [2.24, 2.45) is 4.99 Å². The standard InChI is InChI=1S/C25H42N2O.ClH/c1-3-4-5-6-7-8-9-10-11-12-16-19-24-26-20-21-27(24)25(2,28)22-23-17-14-13-15-18-23;/h13-15,17-18,28H,3-12,16,19-22H2,1-2H3;1H. The van der Waals surface area contributed by atoms with E-state index in [4.69, 9.17) is 4.99 Å². The first-order valence-corrected chi connectivity index (χ1v) is 11.8. The van der Waals surface area contributed by atoms with Crippen LogP contribution >= 0.6 is 0 Å². The maximum absolute atomic E-state index is 11.1. The lowest BCUT2D eigenvalue weighted by Crippen LogP contribution is -3.21. The number of nitrogens with one attached hydrogen (secondary N) is 1. The summed E-state index contributed by atoms with van der Waals surface area (Å²) in [4.78, 5) is 5.91. The molecule has 0 aliphatic carbocycles. The molecule has 0 saturated carbocycles. The van der Waals surface area contributed by atoms with E-state index in [2.05, 4.69) is 19.1 Å². The van der Waals surface area contributed by atoms with Crippen molar-refractivity contribution in [1.82, 2.24) is 0 Å². The Hall–Kier alpha value is -0.900. The summed E-state index contributed by atoms with van der Waals surface area (Å²) in [6.45, 7) is 6.03. The molecule has 0 amide bonds. The van der Waals surface area contributed by atoms with Gasteiger partial charge in [-0.25, -0.2) is 4.99 Å². The van der Waals surface area contributed by atoms with E-state index < -0.39 is 5.72 Å². The number of nitrogens with zero attached hydrogens (tertiary/aromatic N) is 1. The Balaban J connectivity index is 0.00000420. The Morgan fingerprint density at radius 2 is 1.45 bits per heavy atom. The fourth-order valence-electron chi connectivity index (χ4n) is 4.41. The maximum Gasteiger partial charge on any atom is 0.205 e. The van der Waals surface area contributed by atoms with Crippen LogP contribution in [0.25, 0.3) is 0 Å². The number of hydrogen-bond acceptors (Lipinski definition) is 2. The van der Waals surface area contributed by atoms with Crippen LogP contribution in [0.4, 0.5) is 0 Å². The van der Waals surface area contributed by atoms with E-state index in [9.17, 15) is 5.11 Å². The Bertz CT molecular complexity index is 559. The number of rotatable bonds is 15. The molecular formula is C25H43ClN2O. The van der Waals surface area contributed by atoms with Crippen LogP contribution in [-0.4, -0.2) is 29.8 Å². The Morgan fingerprint density at radius 3 is 2.03 bits per heavy atom. The van der Waals surface area contributed by atoms with Crippen LogP contribution in [0.5, 0.6) is 0 Å². The topological polar surface area (TPSA) is 37.0 Å². The van der Waals surface area contributed by atoms with Crippen molar-refractivity contribution in [3.63, 3.8) is 0 Å². The van der Waals surface area contributed by atoms with Crippen molar-refractivity contribution in [2.45, 2.75) is 103 Å². The van der Waals surface area contributed by atoms with Gasteiger partial charge in [0.25, 0.3) is 0 Å². The third-order valence-electron chi connectivity index (χ3n) is 6.07. The molecule has 1 aromatic rings. The lowest BCUT2D eigenvalue weighted by atomic mass is 10.0. The SMILES string of the molecule is CCCCCCCCCCCCCC1=NCC[NH+]1C(C)(O)Cc1ccccc1.[Cl-]. The Labute approximate surface area is 185 Å². The van der Waals surface area contributed by atoms with Gasteiger partial charge in [-0.05, 0) is 12.0 Å². The summed E-state index contributed by atoms with van der Waals surface area (Å²) in [7, 11) is 0. The molecule has 2 unspecified atom stereocenters. The van der Waals surface area contributed by atoms with E-state index in [1.807, 2.05) is 25.1 Å². The van der Waals surface area contributed by atoms with Gasteiger partial charge < -0.3 is 17.5 Å². The quantitative estimate of drug-likeness (QED) is 0.416. The number of aliphatic imine (C=N–C) groups is 1. The summed E-state index contributed by atoms with van der Waals surface area (Å²) in [5.41, 5.74) is 0.426. The smallest absolute Gasteiger partial charge is 0.205 e. The molecule has 0 aromatic heterocycles. The van der Waals surface area contributed by atoms with Gasteiger partial charge in [0.2, 0.25) is 5.72 Å². The third kappa shape index (κ3) is 10.1. The summed E-state index contributed by atoms with van der Waals surface area (Å²) >= 11 is 0. The summed E-state index contributed by atoms with van der Waals surface area (Å²) in [5.74, 6) is 1.19. The van der Waals surface area contributed by atoms with Gasteiger partial charge >= 0.3 is 0 Å². The molecule has 3 nitrogen and oxygen atoms in total. The van der Waals surface area contributed by atoms with Crippen LogP contribution in [0.2, 0.25) is 0 Å². The van der Waals surface area contributed by atoms with Crippen LogP contribution in [0.3, 0.4) is 0 Å². The van der Waals surface area contributed by atoms with Gasteiger partial charge in [0.05, 0.1) is 13.0 Å². The molecule has 0 spiro atoms. The fourth-order valence-corrected chi connectivity index (χ4v) is 4.41. The number of unbranched alkanes of at least 4 members (excludes halogenated alkanes) is 10. The van der Waals surface area contributed by atoms with Crippen LogP contribution in [0, 0.1) is 0 Å². The van der Waals surface area contributed by atoms with Crippen molar-refractivity contribution in [2.75, 3.05) is 13.1 Å². The van der Waals surface area contributed by atoms with Crippen LogP contribution < -0.4 is 17.3 Å². The lowest BCUT2D eigenvalue weighted by molar-refractivity contribution is -0.889. The molecule has 0 saturated heterocycles. The predicted molar refractivity (Wildman–Crippen MR) is 120 cm³/mol. The van der Waals surface area contributed by atoms with Gasteiger partial charge in [-0.1, -0.05) is 101 Å². The van der Waals surface area contributed by atoms with Crippen LogP contribution in [0.1, 0.15) is 96.5 Å². The van der Waals surface area contributed by atoms with Crippen molar-refractivity contribution >= 4 is 5.84 Å². The number of benzene rings is 1. The van der Waals surface area contributed by atoms with E-state index >= 15 is 0 Å². The van der Waals surface area contributed by atoms with Gasteiger partial charge in [0.15, 0.2) is 5.84 Å². The van der Waals surface area contributed by atoms with Gasteiger partial charge in [-0.3, -0.25) is 4.90 Å². The fraction of sp³-hybridized carbons (Fsp3) is 0.720. The average molecular weight is 423 g/mol.